The smallest absolute Gasteiger partial charge is 0.212 e. The van der Waals surface area contributed by atoms with Crippen molar-refractivity contribution in [1.82, 2.24) is 4.31 Å². The molecule has 0 aromatic carbocycles. The Balaban J connectivity index is 4.52. The van der Waals surface area contributed by atoms with E-state index in [4.69, 9.17) is 5.26 Å². The molecule has 0 bridgehead atoms. The van der Waals surface area contributed by atoms with Crippen molar-refractivity contribution in [2.24, 2.45) is 0 Å². The number of hydrogen-bond donors (Lipinski definition) is 0. The zero-order valence-electron chi connectivity index (χ0n) is 6.90. The van der Waals surface area contributed by atoms with Gasteiger partial charge >= 0.3 is 0 Å². The summed E-state index contributed by atoms with van der Waals surface area (Å²) in [5.41, 5.74) is 0. The molecule has 1 unspecified atom stereocenters. The van der Waals surface area contributed by atoms with Gasteiger partial charge in [-0.05, 0) is 13.8 Å². The average molecular weight is 176 g/mol. The Bertz CT molecular complexity index is 252. The minimum atomic E-state index is -3.20. The summed E-state index contributed by atoms with van der Waals surface area (Å²) in [6, 6.07) is 1.27. The van der Waals surface area contributed by atoms with E-state index >= 15 is 0 Å². The molecule has 0 aliphatic rings. The molecule has 64 valence electrons. The molecule has 0 N–H and O–H groups in total. The zero-order chi connectivity index (χ0) is 9.07. The molecule has 0 fully saturated rings. The summed E-state index contributed by atoms with van der Waals surface area (Å²) in [5.74, 6) is 0.0372. The Morgan fingerprint density at radius 2 is 2.09 bits per heavy atom. The van der Waals surface area contributed by atoms with E-state index in [1.165, 1.54) is 7.05 Å². The van der Waals surface area contributed by atoms with Crippen molar-refractivity contribution >= 4 is 10.0 Å². The zero-order valence-corrected chi connectivity index (χ0v) is 7.72. The third-order valence-electron chi connectivity index (χ3n) is 1.54. The first-order chi connectivity index (χ1) is 4.95. The maximum absolute atomic E-state index is 11.1. The van der Waals surface area contributed by atoms with Crippen molar-refractivity contribution in [3.63, 3.8) is 0 Å². The van der Waals surface area contributed by atoms with Gasteiger partial charge in [0.05, 0.1) is 11.8 Å². The third-order valence-corrected chi connectivity index (χ3v) is 3.46. The fourth-order valence-electron chi connectivity index (χ4n) is 0.526. The van der Waals surface area contributed by atoms with E-state index in [1.54, 1.807) is 13.8 Å². The van der Waals surface area contributed by atoms with Gasteiger partial charge in [-0.25, -0.2) is 8.42 Å². The molecule has 0 saturated carbocycles. The number of hydrogen-bond acceptors (Lipinski definition) is 3. The Hall–Kier alpha value is -0.600. The van der Waals surface area contributed by atoms with Crippen molar-refractivity contribution < 1.29 is 8.42 Å². The molecule has 0 aromatic heterocycles. The third kappa shape index (κ3) is 2.48. The van der Waals surface area contributed by atoms with E-state index < -0.39 is 16.1 Å². The van der Waals surface area contributed by atoms with Gasteiger partial charge in [0.2, 0.25) is 10.0 Å². The summed E-state index contributed by atoms with van der Waals surface area (Å²) in [5, 5.41) is 8.41. The molecule has 0 aliphatic carbocycles. The summed E-state index contributed by atoms with van der Waals surface area (Å²) >= 11 is 0. The van der Waals surface area contributed by atoms with Gasteiger partial charge in [0.15, 0.2) is 0 Å². The molecule has 0 amide bonds. The Kier molecular flexibility index (Phi) is 3.49. The monoisotopic (exact) mass is 176 g/mol. The molecule has 0 heterocycles. The van der Waals surface area contributed by atoms with Crippen LogP contribution in [-0.4, -0.2) is 31.6 Å². The minimum absolute atomic E-state index is 0.0372. The molecule has 4 nitrogen and oxygen atoms in total. The number of sulfonamides is 1. The fraction of sp³-hybridized carbons (Fsp3) is 0.833. The molecular formula is C6H12N2O2S. The Morgan fingerprint density at radius 3 is 2.36 bits per heavy atom. The topological polar surface area (TPSA) is 61.2 Å². The number of nitriles is 1. The molecule has 11 heavy (non-hydrogen) atoms. The largest absolute Gasteiger partial charge is 0.214 e. The second-order valence-corrected chi connectivity index (χ2v) is 4.54. The summed E-state index contributed by atoms with van der Waals surface area (Å²) in [7, 11) is -1.79. The maximum Gasteiger partial charge on any atom is 0.214 e. The van der Waals surface area contributed by atoms with Gasteiger partial charge in [-0.15, -0.1) is 0 Å². The van der Waals surface area contributed by atoms with E-state index in [9.17, 15) is 8.42 Å². The van der Waals surface area contributed by atoms with Crippen LogP contribution in [0.2, 0.25) is 0 Å². The van der Waals surface area contributed by atoms with Crippen LogP contribution in [-0.2, 0) is 10.0 Å². The standard InChI is InChI=1S/C6H12N2O2S/c1-4-11(9,10)8(3)6(2)5-7/h6H,4H2,1-3H3. The molecule has 0 aromatic rings. The summed E-state index contributed by atoms with van der Waals surface area (Å²) < 4.78 is 23.2. The molecular weight excluding hydrogens is 164 g/mol. The predicted octanol–water partition coefficient (Wildman–Crippen LogP) is 0.180. The van der Waals surface area contributed by atoms with Gasteiger partial charge in [0, 0.05) is 7.05 Å². The van der Waals surface area contributed by atoms with E-state index in [2.05, 4.69) is 0 Å². The molecule has 1 atom stereocenters. The van der Waals surface area contributed by atoms with E-state index in [-0.39, 0.29) is 5.75 Å². The van der Waals surface area contributed by atoms with Crippen molar-refractivity contribution in [3.8, 4) is 6.07 Å². The highest BCUT2D eigenvalue weighted by molar-refractivity contribution is 7.89. The first kappa shape index (κ1) is 10.4. The lowest BCUT2D eigenvalue weighted by atomic mass is 10.4. The van der Waals surface area contributed by atoms with Crippen molar-refractivity contribution in [1.29, 1.82) is 5.26 Å². The molecule has 0 rings (SSSR count). The van der Waals surface area contributed by atoms with Crippen LogP contribution < -0.4 is 0 Å². The van der Waals surface area contributed by atoms with Gasteiger partial charge in [-0.1, -0.05) is 0 Å². The van der Waals surface area contributed by atoms with E-state index in [1.807, 2.05) is 6.07 Å². The summed E-state index contributed by atoms with van der Waals surface area (Å²) in [4.78, 5) is 0. The van der Waals surface area contributed by atoms with Crippen LogP contribution >= 0.6 is 0 Å². The lowest BCUT2D eigenvalue weighted by Gasteiger charge is -2.17. The molecule has 0 spiro atoms. The first-order valence-electron chi connectivity index (χ1n) is 3.31. The molecule has 0 aliphatic heterocycles. The van der Waals surface area contributed by atoms with Gasteiger partial charge in [-0.3, -0.25) is 0 Å². The lowest BCUT2D eigenvalue weighted by Crippen LogP contribution is -2.35. The van der Waals surface area contributed by atoms with Crippen LogP contribution in [0.4, 0.5) is 0 Å². The van der Waals surface area contributed by atoms with Crippen molar-refractivity contribution in [2.75, 3.05) is 12.8 Å². The second kappa shape index (κ2) is 3.69. The summed E-state index contributed by atoms with van der Waals surface area (Å²) in [6.45, 7) is 3.10. The molecule has 0 radical (unpaired) electrons. The van der Waals surface area contributed by atoms with Gasteiger partial charge in [0.1, 0.15) is 6.04 Å². The summed E-state index contributed by atoms with van der Waals surface area (Å²) in [6.07, 6.45) is 0. The predicted molar refractivity (Wildman–Crippen MR) is 42.3 cm³/mol. The van der Waals surface area contributed by atoms with E-state index in [0.717, 1.165) is 4.31 Å². The van der Waals surface area contributed by atoms with Crippen LogP contribution in [0.1, 0.15) is 13.8 Å². The normalized spacial score (nSPS) is 14.5. The van der Waals surface area contributed by atoms with Crippen LogP contribution in [0.5, 0.6) is 0 Å². The van der Waals surface area contributed by atoms with Crippen LogP contribution in [0.25, 0.3) is 0 Å². The van der Waals surface area contributed by atoms with E-state index in [0.29, 0.717) is 0 Å². The minimum Gasteiger partial charge on any atom is -0.212 e. The van der Waals surface area contributed by atoms with Crippen molar-refractivity contribution in [3.05, 3.63) is 0 Å². The Labute approximate surface area is 67.5 Å². The SMILES string of the molecule is CCS(=O)(=O)N(C)C(C)C#N. The highest BCUT2D eigenvalue weighted by Gasteiger charge is 2.20. The number of nitrogens with zero attached hydrogens (tertiary/aromatic N) is 2. The highest BCUT2D eigenvalue weighted by Crippen LogP contribution is 2.02. The average Bonchev–Trinajstić information content (AvgIpc) is 2.01. The fourth-order valence-corrected chi connectivity index (χ4v) is 1.46. The van der Waals surface area contributed by atoms with Gasteiger partial charge < -0.3 is 0 Å². The maximum atomic E-state index is 11.1. The van der Waals surface area contributed by atoms with Crippen LogP contribution in [0.15, 0.2) is 0 Å². The van der Waals surface area contributed by atoms with Crippen LogP contribution in [0.3, 0.4) is 0 Å². The number of rotatable bonds is 3. The molecule has 0 saturated heterocycles. The van der Waals surface area contributed by atoms with Gasteiger partial charge in [-0.2, -0.15) is 9.57 Å². The van der Waals surface area contributed by atoms with Crippen molar-refractivity contribution in [2.45, 2.75) is 19.9 Å². The quantitative estimate of drug-likeness (QED) is 0.616. The van der Waals surface area contributed by atoms with Gasteiger partial charge in [0.25, 0.3) is 0 Å². The van der Waals surface area contributed by atoms with Crippen LogP contribution in [0, 0.1) is 11.3 Å². The molecule has 5 heteroatoms. The first-order valence-corrected chi connectivity index (χ1v) is 4.92. The Morgan fingerprint density at radius 1 is 1.64 bits per heavy atom. The lowest BCUT2D eigenvalue weighted by molar-refractivity contribution is 0.443. The second-order valence-electron chi connectivity index (χ2n) is 2.22. The highest BCUT2D eigenvalue weighted by atomic mass is 32.2.